The molecule has 1 unspecified atom stereocenters. The smallest absolute Gasteiger partial charge is 0.305 e. The van der Waals surface area contributed by atoms with E-state index in [0.717, 1.165) is 18.9 Å². The maximum Gasteiger partial charge on any atom is 0.305 e. The van der Waals surface area contributed by atoms with Crippen LogP contribution in [0.5, 0.6) is 0 Å². The van der Waals surface area contributed by atoms with E-state index in [1.165, 1.54) is 6.07 Å². The molecule has 1 aliphatic heterocycles. The first-order valence-corrected chi connectivity index (χ1v) is 6.83. The number of halogens is 1. The van der Waals surface area contributed by atoms with Crippen molar-refractivity contribution in [2.24, 2.45) is 0 Å². The highest BCUT2D eigenvalue weighted by Gasteiger charge is 2.30. The molecule has 7 heteroatoms. The lowest BCUT2D eigenvalue weighted by molar-refractivity contribution is -0.384. The van der Waals surface area contributed by atoms with Crippen LogP contribution in [0.3, 0.4) is 0 Å². The number of aliphatic carboxylic acids is 1. The fourth-order valence-electron chi connectivity index (χ4n) is 2.76. The molecule has 0 bridgehead atoms. The molecule has 1 aromatic rings. The molecule has 0 radical (unpaired) electrons. The van der Waals surface area contributed by atoms with Crippen molar-refractivity contribution in [1.82, 2.24) is 0 Å². The number of carboxylic acid groups (broad SMARTS) is 1. The van der Waals surface area contributed by atoms with Gasteiger partial charge in [0, 0.05) is 12.6 Å². The molecule has 2 rings (SSSR count). The summed E-state index contributed by atoms with van der Waals surface area (Å²) in [7, 11) is 0. The third-order valence-corrected chi connectivity index (χ3v) is 3.80. The van der Waals surface area contributed by atoms with Crippen LogP contribution in [0.25, 0.3) is 0 Å². The maximum absolute atomic E-state index is 13.6. The predicted molar refractivity (Wildman–Crippen MR) is 75.0 cm³/mol. The zero-order valence-corrected chi connectivity index (χ0v) is 11.7. The number of nitrogens with zero attached hydrogens (tertiary/aromatic N) is 2. The van der Waals surface area contributed by atoms with Crippen molar-refractivity contribution in [1.29, 1.82) is 0 Å². The monoisotopic (exact) mass is 296 g/mol. The number of anilines is 1. The molecule has 0 saturated carbocycles. The molecule has 1 heterocycles. The number of nitro benzene ring substituents is 1. The van der Waals surface area contributed by atoms with E-state index in [2.05, 4.69) is 0 Å². The number of nitro groups is 1. The molecule has 114 valence electrons. The topological polar surface area (TPSA) is 83.7 Å². The number of aryl methyl sites for hydroxylation is 1. The minimum atomic E-state index is -0.937. The van der Waals surface area contributed by atoms with E-state index in [1.807, 2.05) is 0 Å². The molecule has 0 amide bonds. The van der Waals surface area contributed by atoms with Crippen LogP contribution in [-0.2, 0) is 4.79 Å². The second kappa shape index (κ2) is 6.07. The molecule has 0 aromatic heterocycles. The average Bonchev–Trinajstić information content (AvgIpc) is 2.41. The van der Waals surface area contributed by atoms with E-state index in [0.29, 0.717) is 24.2 Å². The Morgan fingerprint density at radius 2 is 2.24 bits per heavy atom. The van der Waals surface area contributed by atoms with E-state index in [1.54, 1.807) is 11.8 Å². The van der Waals surface area contributed by atoms with E-state index < -0.39 is 16.7 Å². The highest BCUT2D eigenvalue weighted by atomic mass is 19.1. The van der Waals surface area contributed by atoms with Gasteiger partial charge in [0.2, 0.25) is 0 Å². The molecule has 6 nitrogen and oxygen atoms in total. The second-order valence-electron chi connectivity index (χ2n) is 5.29. The quantitative estimate of drug-likeness (QED) is 0.682. The molecule has 1 fully saturated rings. The van der Waals surface area contributed by atoms with Gasteiger partial charge in [-0.1, -0.05) is 0 Å². The number of carboxylic acids is 1. The van der Waals surface area contributed by atoms with Crippen LogP contribution in [0, 0.1) is 22.9 Å². The number of piperidine rings is 1. The molecule has 0 aliphatic carbocycles. The summed E-state index contributed by atoms with van der Waals surface area (Å²) in [6, 6.07) is 2.06. The van der Waals surface area contributed by atoms with E-state index in [9.17, 15) is 19.3 Å². The van der Waals surface area contributed by atoms with Crippen LogP contribution < -0.4 is 4.90 Å². The summed E-state index contributed by atoms with van der Waals surface area (Å²) < 4.78 is 13.6. The molecule has 1 aromatic carbocycles. The van der Waals surface area contributed by atoms with Crippen LogP contribution in [0.15, 0.2) is 12.1 Å². The first kappa shape index (κ1) is 15.2. The molecule has 21 heavy (non-hydrogen) atoms. The zero-order valence-electron chi connectivity index (χ0n) is 11.7. The molecule has 0 spiro atoms. The van der Waals surface area contributed by atoms with Gasteiger partial charge in [-0.15, -0.1) is 0 Å². The van der Waals surface area contributed by atoms with Gasteiger partial charge in [0.1, 0.15) is 11.5 Å². The van der Waals surface area contributed by atoms with E-state index >= 15 is 0 Å². The van der Waals surface area contributed by atoms with Crippen LogP contribution in [0.1, 0.15) is 31.2 Å². The average molecular weight is 296 g/mol. The van der Waals surface area contributed by atoms with Crippen molar-refractivity contribution in [2.75, 3.05) is 11.4 Å². The lowest BCUT2D eigenvalue weighted by atomic mass is 9.97. The van der Waals surface area contributed by atoms with Gasteiger partial charge in [0.05, 0.1) is 17.4 Å². The molecule has 1 saturated heterocycles. The Balaban J connectivity index is 2.44. The van der Waals surface area contributed by atoms with Crippen molar-refractivity contribution < 1.29 is 19.2 Å². The van der Waals surface area contributed by atoms with E-state index in [4.69, 9.17) is 5.11 Å². The lowest BCUT2D eigenvalue weighted by Crippen LogP contribution is -2.41. The highest BCUT2D eigenvalue weighted by molar-refractivity contribution is 5.71. The summed E-state index contributed by atoms with van der Waals surface area (Å²) in [6.45, 7) is 2.09. The number of carbonyl (C=O) groups is 1. The Morgan fingerprint density at radius 1 is 1.52 bits per heavy atom. The van der Waals surface area contributed by atoms with Crippen molar-refractivity contribution in [2.45, 2.75) is 38.6 Å². The lowest BCUT2D eigenvalue weighted by Gasteiger charge is -2.36. The largest absolute Gasteiger partial charge is 0.481 e. The minimum Gasteiger partial charge on any atom is -0.481 e. The van der Waals surface area contributed by atoms with Gasteiger partial charge in [-0.2, -0.15) is 0 Å². The Bertz CT molecular complexity index is 576. The van der Waals surface area contributed by atoms with Gasteiger partial charge in [-0.05, 0) is 37.8 Å². The summed E-state index contributed by atoms with van der Waals surface area (Å²) >= 11 is 0. The summed E-state index contributed by atoms with van der Waals surface area (Å²) in [4.78, 5) is 23.2. The number of hydrogen-bond donors (Lipinski definition) is 1. The number of rotatable bonds is 4. The third-order valence-electron chi connectivity index (χ3n) is 3.80. The van der Waals surface area contributed by atoms with Crippen molar-refractivity contribution in [3.05, 3.63) is 33.6 Å². The number of hydrogen-bond acceptors (Lipinski definition) is 4. The first-order valence-electron chi connectivity index (χ1n) is 6.83. The van der Waals surface area contributed by atoms with Crippen LogP contribution in [-0.4, -0.2) is 28.6 Å². The Kier molecular flexibility index (Phi) is 4.40. The molecule has 1 aliphatic rings. The van der Waals surface area contributed by atoms with Gasteiger partial charge in [0.25, 0.3) is 5.69 Å². The normalized spacial score (nSPS) is 18.6. The fourth-order valence-corrected chi connectivity index (χ4v) is 2.76. The van der Waals surface area contributed by atoms with Crippen LogP contribution >= 0.6 is 0 Å². The standard InChI is InChI=1S/C14H17FN2O4/c1-9-6-12(13(17(20)21)8-11(9)15)16-5-3-2-4-10(16)7-14(18)19/h6,8,10H,2-5,7H2,1H3,(H,18,19). The van der Waals surface area contributed by atoms with Crippen LogP contribution in [0.4, 0.5) is 15.8 Å². The Hall–Kier alpha value is -2.18. The van der Waals surface area contributed by atoms with Crippen molar-refractivity contribution in [3.8, 4) is 0 Å². The molecular formula is C14H17FN2O4. The zero-order chi connectivity index (χ0) is 15.6. The SMILES string of the molecule is Cc1cc(N2CCCCC2CC(=O)O)c([N+](=O)[O-])cc1F. The van der Waals surface area contributed by atoms with Gasteiger partial charge in [-0.25, -0.2) is 4.39 Å². The molecule has 1 atom stereocenters. The molecule has 1 N–H and O–H groups in total. The number of benzene rings is 1. The fraction of sp³-hybridized carbons (Fsp3) is 0.500. The second-order valence-corrected chi connectivity index (χ2v) is 5.29. The first-order chi connectivity index (χ1) is 9.90. The summed E-state index contributed by atoms with van der Waals surface area (Å²) in [5.74, 6) is -1.56. The van der Waals surface area contributed by atoms with Crippen molar-refractivity contribution >= 4 is 17.3 Å². The van der Waals surface area contributed by atoms with Gasteiger partial charge < -0.3 is 10.0 Å². The third kappa shape index (κ3) is 3.29. The maximum atomic E-state index is 13.6. The van der Waals surface area contributed by atoms with Crippen LogP contribution in [0.2, 0.25) is 0 Å². The highest BCUT2D eigenvalue weighted by Crippen LogP contribution is 2.35. The van der Waals surface area contributed by atoms with Gasteiger partial charge in [0.15, 0.2) is 0 Å². The van der Waals surface area contributed by atoms with Gasteiger partial charge in [-0.3, -0.25) is 14.9 Å². The summed E-state index contributed by atoms with van der Waals surface area (Å²) in [5, 5.41) is 20.1. The Labute approximate surface area is 121 Å². The van der Waals surface area contributed by atoms with E-state index in [-0.39, 0.29) is 18.2 Å². The summed E-state index contributed by atoms with van der Waals surface area (Å²) in [5.41, 5.74) is 0.315. The van der Waals surface area contributed by atoms with Crippen molar-refractivity contribution in [3.63, 3.8) is 0 Å². The predicted octanol–water partition coefficient (Wildman–Crippen LogP) is 2.88. The Morgan fingerprint density at radius 3 is 2.86 bits per heavy atom. The van der Waals surface area contributed by atoms with Gasteiger partial charge >= 0.3 is 5.97 Å². The minimum absolute atomic E-state index is 0.0758. The summed E-state index contributed by atoms with van der Waals surface area (Å²) in [6.07, 6.45) is 2.32. The molecular weight excluding hydrogens is 279 g/mol.